The number of carbonyl (C=O) groups is 1. The number of aromatic amines is 1. The number of nitrogens with one attached hydrogen (secondary N) is 3. The normalized spacial score (nSPS) is 15.4. The number of H-pyrrole nitrogens is 1. The van der Waals surface area contributed by atoms with Crippen molar-refractivity contribution in [1.82, 2.24) is 30.4 Å². The fourth-order valence-electron chi connectivity index (χ4n) is 4.37. The van der Waals surface area contributed by atoms with Gasteiger partial charge in [-0.3, -0.25) is 5.10 Å². The van der Waals surface area contributed by atoms with Crippen LogP contribution in [0.15, 0.2) is 24.7 Å². The number of rotatable bonds is 7. The summed E-state index contributed by atoms with van der Waals surface area (Å²) < 4.78 is 31.1. The van der Waals surface area contributed by atoms with Crippen LogP contribution in [0.25, 0.3) is 21.1 Å². The molecule has 1 atom stereocenters. The fourth-order valence-corrected chi connectivity index (χ4v) is 5.64. The Morgan fingerprint density at radius 1 is 1.37 bits per heavy atom. The summed E-state index contributed by atoms with van der Waals surface area (Å²) in [6.45, 7) is 1.85. The van der Waals surface area contributed by atoms with Gasteiger partial charge in [0.25, 0.3) is 6.43 Å². The van der Waals surface area contributed by atoms with E-state index in [1.54, 1.807) is 17.5 Å². The molecular weight excluding hydrogens is 476 g/mol. The number of hydrogen-bond acceptors (Lipinski definition) is 7. The minimum atomic E-state index is -2.56. The number of benzene rings is 1. The summed E-state index contributed by atoms with van der Waals surface area (Å²) in [6.07, 6.45) is 2.77. The van der Waals surface area contributed by atoms with Crippen LogP contribution in [-0.2, 0) is 12.8 Å². The molecule has 1 aromatic carbocycles. The largest absolute Gasteiger partial charge is 0.492 e. The van der Waals surface area contributed by atoms with Crippen LogP contribution in [0, 0.1) is 0 Å². The molecular formula is C23H25F2N7O2S. The number of nitrogens with zero attached hydrogens (tertiary/aromatic N) is 4. The van der Waals surface area contributed by atoms with Crippen molar-refractivity contribution in [3.05, 3.63) is 35.1 Å². The molecule has 3 heterocycles. The summed E-state index contributed by atoms with van der Waals surface area (Å²) in [4.78, 5) is 24.3. The van der Waals surface area contributed by atoms with E-state index in [-0.39, 0.29) is 6.04 Å². The molecule has 3 aromatic heterocycles. The minimum Gasteiger partial charge on any atom is -0.492 e. The van der Waals surface area contributed by atoms with Crippen molar-refractivity contribution in [2.45, 2.75) is 38.7 Å². The highest BCUT2D eigenvalue weighted by molar-refractivity contribution is 7.19. The van der Waals surface area contributed by atoms with Crippen molar-refractivity contribution in [3.8, 4) is 5.75 Å². The first-order chi connectivity index (χ1) is 16.9. The van der Waals surface area contributed by atoms with Crippen molar-refractivity contribution in [2.24, 2.45) is 0 Å². The minimum absolute atomic E-state index is 0.124. The van der Waals surface area contributed by atoms with E-state index in [0.29, 0.717) is 31.0 Å². The number of amides is 2. The van der Waals surface area contributed by atoms with Crippen LogP contribution < -0.4 is 15.4 Å². The molecule has 0 aliphatic heterocycles. The molecule has 184 valence electrons. The molecule has 4 aromatic rings. The lowest BCUT2D eigenvalue weighted by atomic mass is 9.93. The number of ether oxygens (including phenoxy) is 1. The van der Waals surface area contributed by atoms with Crippen molar-refractivity contribution >= 4 is 50.0 Å². The van der Waals surface area contributed by atoms with Gasteiger partial charge in [-0.2, -0.15) is 5.10 Å². The number of thiophene rings is 1. The second-order valence-electron chi connectivity index (χ2n) is 8.43. The highest BCUT2D eigenvalue weighted by Gasteiger charge is 2.27. The van der Waals surface area contributed by atoms with Crippen molar-refractivity contribution in [1.29, 1.82) is 0 Å². The molecule has 3 N–H and O–H groups in total. The number of anilines is 2. The van der Waals surface area contributed by atoms with Gasteiger partial charge in [-0.05, 0) is 31.4 Å². The lowest BCUT2D eigenvalue weighted by molar-refractivity contribution is 0.107. The Morgan fingerprint density at radius 2 is 2.23 bits per heavy atom. The average Bonchev–Trinajstić information content (AvgIpc) is 3.42. The number of aryl methyl sites for hydroxylation is 1. The summed E-state index contributed by atoms with van der Waals surface area (Å²) in [7, 11) is 1.38. The molecule has 0 fully saturated rings. The number of alkyl halides is 2. The van der Waals surface area contributed by atoms with E-state index in [4.69, 9.17) is 4.74 Å². The summed E-state index contributed by atoms with van der Waals surface area (Å²) in [5.74, 6) is 1.38. The molecule has 5 rings (SSSR count). The standard InChI is InChI=1S/C23H25F2N7O2S/c1-3-34-17-8-15-12(9-28-31-15)6-16(17)30-21-20-14-5-4-13(29-23(33)32(2)10-19(24)25)7-18(14)35-22(20)27-11-26-21/h6,8-9,11,13,19H,3-5,7,10H2,1-2H3,(H,28,31)(H,29,33)(H,26,27,30). The maximum atomic E-state index is 12.6. The first-order valence-electron chi connectivity index (χ1n) is 11.3. The van der Waals surface area contributed by atoms with Gasteiger partial charge in [0.15, 0.2) is 0 Å². The highest BCUT2D eigenvalue weighted by atomic mass is 32.1. The zero-order chi connectivity index (χ0) is 24.5. The lowest BCUT2D eigenvalue weighted by Crippen LogP contribution is -2.46. The molecule has 0 saturated carbocycles. The Hall–Kier alpha value is -3.54. The SMILES string of the molecule is CCOc1cc2[nH]ncc2cc1Nc1ncnc2sc3c(c12)CCC(NC(=O)N(C)CC(F)F)C3. The quantitative estimate of drug-likeness (QED) is 0.345. The van der Waals surface area contributed by atoms with Gasteiger partial charge in [-0.25, -0.2) is 23.5 Å². The van der Waals surface area contributed by atoms with Crippen LogP contribution in [0.3, 0.4) is 0 Å². The number of carbonyl (C=O) groups excluding carboxylic acids is 1. The summed E-state index contributed by atoms with van der Waals surface area (Å²) in [6, 6.07) is 3.27. The van der Waals surface area contributed by atoms with Crippen molar-refractivity contribution in [2.75, 3.05) is 25.5 Å². The summed E-state index contributed by atoms with van der Waals surface area (Å²) in [5.41, 5.74) is 2.82. The summed E-state index contributed by atoms with van der Waals surface area (Å²) in [5, 5.41) is 15.3. The predicted octanol–water partition coefficient (Wildman–Crippen LogP) is 4.47. The Morgan fingerprint density at radius 3 is 3.03 bits per heavy atom. The van der Waals surface area contributed by atoms with E-state index in [1.807, 2.05) is 19.1 Å². The third-order valence-electron chi connectivity index (χ3n) is 6.02. The number of urea groups is 1. The van der Waals surface area contributed by atoms with E-state index in [0.717, 1.165) is 48.6 Å². The maximum Gasteiger partial charge on any atom is 0.317 e. The topological polar surface area (TPSA) is 108 Å². The second kappa shape index (κ2) is 9.61. The van der Waals surface area contributed by atoms with Crippen LogP contribution in [0.5, 0.6) is 5.75 Å². The number of hydrogen-bond donors (Lipinski definition) is 3. The van der Waals surface area contributed by atoms with Crippen molar-refractivity contribution < 1.29 is 18.3 Å². The maximum absolute atomic E-state index is 12.6. The molecule has 0 bridgehead atoms. The third-order valence-corrected chi connectivity index (χ3v) is 7.19. The van der Waals surface area contributed by atoms with Crippen LogP contribution in [0.4, 0.5) is 25.1 Å². The molecule has 12 heteroatoms. The summed E-state index contributed by atoms with van der Waals surface area (Å²) >= 11 is 1.57. The molecule has 9 nitrogen and oxygen atoms in total. The van der Waals surface area contributed by atoms with Crippen LogP contribution in [0.1, 0.15) is 23.8 Å². The number of halogens is 2. The van der Waals surface area contributed by atoms with Gasteiger partial charge in [-0.15, -0.1) is 11.3 Å². The Kier molecular flexibility index (Phi) is 6.37. The van der Waals surface area contributed by atoms with Gasteiger partial charge in [-0.1, -0.05) is 0 Å². The van der Waals surface area contributed by atoms with Crippen LogP contribution in [-0.4, -0.2) is 63.8 Å². The van der Waals surface area contributed by atoms with Gasteiger partial charge < -0.3 is 20.3 Å². The highest BCUT2D eigenvalue weighted by Crippen LogP contribution is 2.40. The predicted molar refractivity (Wildman–Crippen MR) is 131 cm³/mol. The molecule has 1 unspecified atom stereocenters. The monoisotopic (exact) mass is 501 g/mol. The third kappa shape index (κ3) is 4.70. The van der Waals surface area contributed by atoms with E-state index in [2.05, 4.69) is 30.8 Å². The first-order valence-corrected chi connectivity index (χ1v) is 12.2. The van der Waals surface area contributed by atoms with Gasteiger partial charge in [0.05, 0.1) is 35.9 Å². The molecule has 1 aliphatic carbocycles. The molecule has 35 heavy (non-hydrogen) atoms. The fraction of sp³-hybridized carbons (Fsp3) is 0.391. The zero-order valence-corrected chi connectivity index (χ0v) is 20.1. The van der Waals surface area contributed by atoms with E-state index >= 15 is 0 Å². The van der Waals surface area contributed by atoms with Gasteiger partial charge in [0.1, 0.15) is 22.7 Å². The second-order valence-corrected chi connectivity index (χ2v) is 9.51. The molecule has 0 spiro atoms. The zero-order valence-electron chi connectivity index (χ0n) is 19.3. The van der Waals surface area contributed by atoms with E-state index in [1.165, 1.54) is 13.4 Å². The smallest absolute Gasteiger partial charge is 0.317 e. The molecule has 0 radical (unpaired) electrons. The number of aromatic nitrogens is 4. The van der Waals surface area contributed by atoms with Crippen LogP contribution >= 0.6 is 11.3 Å². The van der Waals surface area contributed by atoms with E-state index < -0.39 is 19.0 Å². The van der Waals surface area contributed by atoms with Gasteiger partial charge in [0.2, 0.25) is 0 Å². The van der Waals surface area contributed by atoms with Gasteiger partial charge >= 0.3 is 6.03 Å². The Labute approximate surface area is 203 Å². The molecule has 2 amide bonds. The van der Waals surface area contributed by atoms with Crippen molar-refractivity contribution in [3.63, 3.8) is 0 Å². The first kappa shape index (κ1) is 23.2. The van der Waals surface area contributed by atoms with Crippen LogP contribution in [0.2, 0.25) is 0 Å². The van der Waals surface area contributed by atoms with E-state index in [9.17, 15) is 13.6 Å². The Bertz CT molecular complexity index is 1370. The lowest BCUT2D eigenvalue weighted by Gasteiger charge is -2.26. The van der Waals surface area contributed by atoms with Gasteiger partial charge in [0, 0.05) is 35.8 Å². The molecule has 0 saturated heterocycles. The average molecular weight is 502 g/mol. The molecule has 1 aliphatic rings. The Balaban J connectivity index is 1.41. The number of fused-ring (bicyclic) bond motifs is 4.